The van der Waals surface area contributed by atoms with E-state index in [1.165, 1.54) is 11.0 Å². The minimum Gasteiger partial charge on any atom is -0.336 e. The van der Waals surface area contributed by atoms with E-state index in [0.29, 0.717) is 18.7 Å². The van der Waals surface area contributed by atoms with E-state index < -0.39 is 11.2 Å². The molecule has 1 aliphatic carbocycles. The van der Waals surface area contributed by atoms with Crippen molar-refractivity contribution < 1.29 is 4.79 Å². The Labute approximate surface area is 152 Å². The molecule has 0 spiro atoms. The van der Waals surface area contributed by atoms with E-state index in [0.717, 1.165) is 36.7 Å². The summed E-state index contributed by atoms with van der Waals surface area (Å²) in [5, 5.41) is 9.36. The Morgan fingerprint density at radius 2 is 1.92 bits per heavy atom. The number of fused-ring (bicyclic) bond motifs is 1. The predicted octanol–water partition coefficient (Wildman–Crippen LogP) is 1.40. The van der Waals surface area contributed by atoms with Crippen molar-refractivity contribution in [2.75, 3.05) is 0 Å². The van der Waals surface area contributed by atoms with E-state index >= 15 is 0 Å². The number of hydrogen-bond acceptors (Lipinski definition) is 4. The van der Waals surface area contributed by atoms with Gasteiger partial charge in [-0.3, -0.25) is 14.2 Å². The smallest absolute Gasteiger partial charge is 0.331 e. The zero-order valence-corrected chi connectivity index (χ0v) is 15.5. The van der Waals surface area contributed by atoms with Crippen LogP contribution in [-0.2, 0) is 24.3 Å². The highest BCUT2D eigenvalue weighted by atomic mass is 16.2. The third kappa shape index (κ3) is 3.20. The lowest BCUT2D eigenvalue weighted by molar-refractivity contribution is -0.137. The molecule has 140 valence electrons. The Balaban J connectivity index is 1.95. The van der Waals surface area contributed by atoms with Crippen LogP contribution in [0, 0.1) is 11.3 Å². The molecule has 1 amide bonds. The van der Waals surface area contributed by atoms with Gasteiger partial charge in [-0.15, -0.1) is 0 Å². The minimum absolute atomic E-state index is 0.00339. The number of carbonyl (C=O) groups is 1. The number of nitriles is 1. The summed E-state index contributed by atoms with van der Waals surface area (Å²) in [6.45, 7) is 4.13. The molecule has 0 radical (unpaired) electrons. The maximum atomic E-state index is 13.0. The topological polar surface area (TPSA) is 88.1 Å². The van der Waals surface area contributed by atoms with Crippen molar-refractivity contribution in [2.24, 2.45) is 0 Å². The first-order chi connectivity index (χ1) is 12.5. The molecular formula is C19H26N4O3. The van der Waals surface area contributed by atoms with Crippen molar-refractivity contribution in [1.82, 2.24) is 14.0 Å². The molecule has 0 atom stereocenters. The molecule has 2 aliphatic rings. The number of rotatable bonds is 4. The van der Waals surface area contributed by atoms with Crippen LogP contribution >= 0.6 is 0 Å². The van der Waals surface area contributed by atoms with Crippen LogP contribution in [0.15, 0.2) is 9.59 Å². The summed E-state index contributed by atoms with van der Waals surface area (Å²) >= 11 is 0. The van der Waals surface area contributed by atoms with Crippen LogP contribution in [0.3, 0.4) is 0 Å². The second-order valence-corrected chi connectivity index (χ2v) is 7.55. The van der Waals surface area contributed by atoms with Crippen LogP contribution in [-0.4, -0.2) is 32.0 Å². The van der Waals surface area contributed by atoms with Crippen molar-refractivity contribution in [3.05, 3.63) is 32.1 Å². The van der Waals surface area contributed by atoms with E-state index in [4.69, 9.17) is 0 Å². The van der Waals surface area contributed by atoms with Crippen molar-refractivity contribution in [1.29, 1.82) is 5.26 Å². The van der Waals surface area contributed by atoms with Gasteiger partial charge >= 0.3 is 5.69 Å². The number of hydrogen-bond donors (Lipinski definition) is 0. The Morgan fingerprint density at radius 3 is 2.54 bits per heavy atom. The Kier molecular flexibility index (Phi) is 5.30. The summed E-state index contributed by atoms with van der Waals surface area (Å²) in [6, 6.07) is 2.11. The Bertz CT molecular complexity index is 853. The maximum absolute atomic E-state index is 13.0. The lowest BCUT2D eigenvalue weighted by Gasteiger charge is -2.37. The summed E-state index contributed by atoms with van der Waals surface area (Å²) < 4.78 is 2.43. The lowest BCUT2D eigenvalue weighted by Crippen LogP contribution is -2.50. The van der Waals surface area contributed by atoms with E-state index in [1.54, 1.807) is 0 Å². The molecule has 1 fully saturated rings. The molecule has 1 saturated carbocycles. The number of nitrogens with zero attached hydrogens (tertiary/aromatic N) is 4. The second-order valence-electron chi connectivity index (χ2n) is 7.55. The summed E-state index contributed by atoms with van der Waals surface area (Å²) in [4.78, 5) is 40.2. The van der Waals surface area contributed by atoms with E-state index in [-0.39, 0.29) is 30.1 Å². The first-order valence-corrected chi connectivity index (χ1v) is 9.53. The molecule has 0 unspecified atom stereocenters. The Morgan fingerprint density at radius 1 is 1.23 bits per heavy atom. The van der Waals surface area contributed by atoms with Crippen molar-refractivity contribution >= 4 is 5.91 Å². The van der Waals surface area contributed by atoms with Gasteiger partial charge in [-0.2, -0.15) is 5.26 Å². The molecule has 0 saturated heterocycles. The molecule has 0 bridgehead atoms. The monoisotopic (exact) mass is 358 g/mol. The average Bonchev–Trinajstić information content (AvgIpc) is 3.09. The lowest BCUT2D eigenvalue weighted by atomic mass is 9.93. The SMILES string of the molecule is CC(C)N(C(=O)Cn1c(=O)c(C#N)c2n(c1=O)CCC2)C1CCCCC1. The molecule has 7 heteroatoms. The molecule has 3 rings (SSSR count). The molecule has 0 aromatic carbocycles. The highest BCUT2D eigenvalue weighted by Gasteiger charge is 2.29. The molecule has 1 aliphatic heterocycles. The zero-order valence-electron chi connectivity index (χ0n) is 15.5. The molecule has 1 aromatic heterocycles. The normalized spacial score (nSPS) is 17.2. The fourth-order valence-corrected chi connectivity index (χ4v) is 4.38. The molecule has 7 nitrogen and oxygen atoms in total. The van der Waals surface area contributed by atoms with Gasteiger partial charge in [-0.25, -0.2) is 9.36 Å². The molecular weight excluding hydrogens is 332 g/mol. The van der Waals surface area contributed by atoms with Crippen LogP contribution in [0.5, 0.6) is 0 Å². The largest absolute Gasteiger partial charge is 0.336 e. The molecule has 26 heavy (non-hydrogen) atoms. The van der Waals surface area contributed by atoms with Gasteiger partial charge in [0.05, 0.1) is 0 Å². The molecule has 0 N–H and O–H groups in total. The summed E-state index contributed by atoms with van der Waals surface area (Å²) in [5.74, 6) is -0.214. The summed E-state index contributed by atoms with van der Waals surface area (Å²) in [5.41, 5.74) is -0.587. The maximum Gasteiger partial charge on any atom is 0.331 e. The van der Waals surface area contributed by atoms with Gasteiger partial charge < -0.3 is 4.90 Å². The van der Waals surface area contributed by atoms with Gasteiger partial charge in [0.25, 0.3) is 5.56 Å². The highest BCUT2D eigenvalue weighted by Crippen LogP contribution is 2.24. The first kappa shape index (κ1) is 18.4. The Hall–Kier alpha value is -2.36. The molecule has 1 aromatic rings. The van der Waals surface area contributed by atoms with Gasteiger partial charge in [0.15, 0.2) is 0 Å². The summed E-state index contributed by atoms with van der Waals surface area (Å²) in [6.07, 6.45) is 6.61. The second kappa shape index (κ2) is 7.48. The fraction of sp³-hybridized carbons (Fsp3) is 0.684. The third-order valence-electron chi connectivity index (χ3n) is 5.55. The van der Waals surface area contributed by atoms with Crippen molar-refractivity contribution in [2.45, 2.75) is 84.0 Å². The number of amides is 1. The van der Waals surface area contributed by atoms with E-state index in [9.17, 15) is 19.6 Å². The number of carbonyl (C=O) groups excluding carboxylic acids is 1. The van der Waals surface area contributed by atoms with Gasteiger partial charge in [0.2, 0.25) is 5.91 Å². The first-order valence-electron chi connectivity index (χ1n) is 9.53. The standard InChI is InChI=1S/C19H26N4O3/c1-13(2)23(14-7-4-3-5-8-14)17(24)12-22-18(25)15(11-20)16-9-6-10-21(16)19(22)26/h13-14H,3-10,12H2,1-2H3. The van der Waals surface area contributed by atoms with Gasteiger partial charge in [-0.05, 0) is 39.5 Å². The quantitative estimate of drug-likeness (QED) is 0.814. The van der Waals surface area contributed by atoms with E-state index in [1.807, 2.05) is 24.8 Å². The predicted molar refractivity (Wildman–Crippen MR) is 96.9 cm³/mol. The van der Waals surface area contributed by atoms with Crippen LogP contribution in [0.2, 0.25) is 0 Å². The average molecular weight is 358 g/mol. The van der Waals surface area contributed by atoms with Crippen LogP contribution in [0.4, 0.5) is 0 Å². The third-order valence-corrected chi connectivity index (χ3v) is 5.55. The van der Waals surface area contributed by atoms with Crippen molar-refractivity contribution in [3.63, 3.8) is 0 Å². The van der Waals surface area contributed by atoms with Crippen molar-refractivity contribution in [3.8, 4) is 6.07 Å². The van der Waals surface area contributed by atoms with Crippen LogP contribution < -0.4 is 11.2 Å². The van der Waals surface area contributed by atoms with Crippen LogP contribution in [0.25, 0.3) is 0 Å². The fourth-order valence-electron chi connectivity index (χ4n) is 4.38. The van der Waals surface area contributed by atoms with Gasteiger partial charge in [0, 0.05) is 24.3 Å². The van der Waals surface area contributed by atoms with E-state index in [2.05, 4.69) is 0 Å². The van der Waals surface area contributed by atoms with Gasteiger partial charge in [-0.1, -0.05) is 19.3 Å². The highest BCUT2D eigenvalue weighted by molar-refractivity contribution is 5.76. The number of aromatic nitrogens is 2. The van der Waals surface area contributed by atoms with Crippen LogP contribution in [0.1, 0.15) is 63.6 Å². The van der Waals surface area contributed by atoms with Gasteiger partial charge in [0.1, 0.15) is 18.2 Å². The minimum atomic E-state index is -0.633. The zero-order chi connectivity index (χ0) is 18.8. The molecule has 2 heterocycles. The summed E-state index contributed by atoms with van der Waals surface area (Å²) in [7, 11) is 0.